The zero-order chi connectivity index (χ0) is 21.0. The Balaban J connectivity index is 1.64. The zero-order valence-electron chi connectivity index (χ0n) is 16.3. The van der Waals surface area contributed by atoms with Crippen LogP contribution in [0.25, 0.3) is 11.0 Å². The lowest BCUT2D eigenvalue weighted by molar-refractivity contribution is -0.145. The molecule has 0 aliphatic heterocycles. The van der Waals surface area contributed by atoms with Gasteiger partial charge in [0.05, 0.1) is 14.2 Å². The van der Waals surface area contributed by atoms with Gasteiger partial charge in [-0.1, -0.05) is 0 Å². The molecule has 0 amide bonds. The number of fused-ring (bicyclic) bond motifs is 1. The van der Waals surface area contributed by atoms with Crippen molar-refractivity contribution in [1.82, 2.24) is 0 Å². The standard InChI is InChI=1S/C21H20O8/c1-12-15-6-4-13(25-2)10-18(15)29-20(23)16(12)7-9-19(22)27-11-14-5-8-17(28-14)21(24)26-3/h4-6,8,10H,7,9,11H2,1-3H3. The van der Waals surface area contributed by atoms with Gasteiger partial charge in [0.2, 0.25) is 5.76 Å². The first-order chi connectivity index (χ1) is 13.9. The van der Waals surface area contributed by atoms with E-state index < -0.39 is 17.6 Å². The molecular formula is C21H20O8. The summed E-state index contributed by atoms with van der Waals surface area (Å²) in [7, 11) is 2.78. The topological polar surface area (TPSA) is 105 Å². The van der Waals surface area contributed by atoms with Gasteiger partial charge in [-0.25, -0.2) is 9.59 Å². The highest BCUT2D eigenvalue weighted by Gasteiger charge is 2.15. The normalized spacial score (nSPS) is 10.7. The second-order valence-corrected chi connectivity index (χ2v) is 6.27. The molecule has 0 atom stereocenters. The predicted molar refractivity (Wildman–Crippen MR) is 102 cm³/mol. The molecule has 0 N–H and O–H groups in total. The summed E-state index contributed by atoms with van der Waals surface area (Å²) in [6, 6.07) is 8.20. The molecule has 0 spiro atoms. The van der Waals surface area contributed by atoms with Crippen molar-refractivity contribution in [2.75, 3.05) is 14.2 Å². The van der Waals surface area contributed by atoms with Crippen LogP contribution in [0.1, 0.15) is 33.9 Å². The molecule has 2 aromatic heterocycles. The number of carbonyl (C=O) groups is 2. The first-order valence-electron chi connectivity index (χ1n) is 8.86. The highest BCUT2D eigenvalue weighted by molar-refractivity contribution is 5.86. The molecule has 0 fully saturated rings. The Labute approximate surface area is 166 Å². The van der Waals surface area contributed by atoms with Gasteiger partial charge in [-0.15, -0.1) is 0 Å². The van der Waals surface area contributed by atoms with Crippen molar-refractivity contribution in [2.45, 2.75) is 26.4 Å². The van der Waals surface area contributed by atoms with E-state index in [-0.39, 0.29) is 25.2 Å². The lowest BCUT2D eigenvalue weighted by Gasteiger charge is -2.09. The highest BCUT2D eigenvalue weighted by Crippen LogP contribution is 2.24. The monoisotopic (exact) mass is 400 g/mol. The molecule has 29 heavy (non-hydrogen) atoms. The van der Waals surface area contributed by atoms with Gasteiger partial charge in [-0.05, 0) is 43.2 Å². The number of rotatable bonds is 7. The van der Waals surface area contributed by atoms with E-state index in [9.17, 15) is 14.4 Å². The first-order valence-corrected chi connectivity index (χ1v) is 8.86. The fourth-order valence-electron chi connectivity index (χ4n) is 2.91. The van der Waals surface area contributed by atoms with Crippen LogP contribution >= 0.6 is 0 Å². The molecule has 1 aromatic carbocycles. The van der Waals surface area contributed by atoms with Crippen LogP contribution < -0.4 is 10.4 Å². The van der Waals surface area contributed by atoms with Crippen molar-refractivity contribution in [3.05, 3.63) is 63.4 Å². The summed E-state index contributed by atoms with van der Waals surface area (Å²) < 4.78 is 25.4. The Kier molecular flexibility index (Phi) is 6.01. The van der Waals surface area contributed by atoms with Crippen LogP contribution in [0.5, 0.6) is 5.75 Å². The Morgan fingerprint density at radius 2 is 1.86 bits per heavy atom. The minimum atomic E-state index is -0.612. The summed E-state index contributed by atoms with van der Waals surface area (Å²) in [5.74, 6) is -0.188. The van der Waals surface area contributed by atoms with E-state index in [0.29, 0.717) is 22.7 Å². The van der Waals surface area contributed by atoms with Gasteiger partial charge in [0, 0.05) is 23.4 Å². The van der Waals surface area contributed by atoms with Crippen molar-refractivity contribution < 1.29 is 32.6 Å². The lowest BCUT2D eigenvalue weighted by atomic mass is 10.0. The number of aryl methyl sites for hydroxylation is 1. The van der Waals surface area contributed by atoms with Crippen LogP contribution in [-0.2, 0) is 27.3 Å². The van der Waals surface area contributed by atoms with Crippen molar-refractivity contribution in [3.63, 3.8) is 0 Å². The van der Waals surface area contributed by atoms with Crippen molar-refractivity contribution in [2.24, 2.45) is 0 Å². The number of hydrogen-bond acceptors (Lipinski definition) is 8. The van der Waals surface area contributed by atoms with E-state index in [1.54, 1.807) is 12.1 Å². The van der Waals surface area contributed by atoms with Gasteiger partial charge >= 0.3 is 17.6 Å². The van der Waals surface area contributed by atoms with Crippen LogP contribution in [0.4, 0.5) is 0 Å². The Bertz CT molecular complexity index is 1110. The highest BCUT2D eigenvalue weighted by atomic mass is 16.6. The summed E-state index contributed by atoms with van der Waals surface area (Å²) in [6.45, 7) is 1.69. The summed E-state index contributed by atoms with van der Waals surface area (Å²) in [5, 5.41) is 0.777. The van der Waals surface area contributed by atoms with E-state index in [2.05, 4.69) is 4.74 Å². The molecule has 3 rings (SSSR count). The van der Waals surface area contributed by atoms with Crippen LogP contribution in [-0.4, -0.2) is 26.2 Å². The number of benzene rings is 1. The van der Waals surface area contributed by atoms with Crippen molar-refractivity contribution in [3.8, 4) is 5.75 Å². The minimum Gasteiger partial charge on any atom is -0.497 e. The smallest absolute Gasteiger partial charge is 0.373 e. The number of ether oxygens (including phenoxy) is 3. The summed E-state index contributed by atoms with van der Waals surface area (Å²) in [6.07, 6.45) is 0.179. The van der Waals surface area contributed by atoms with Crippen LogP contribution in [0, 0.1) is 6.92 Å². The van der Waals surface area contributed by atoms with Gasteiger partial charge in [0.15, 0.2) is 0 Å². The van der Waals surface area contributed by atoms with Crippen molar-refractivity contribution >= 4 is 22.9 Å². The molecule has 0 saturated carbocycles. The quantitative estimate of drug-likeness (QED) is 0.440. The lowest BCUT2D eigenvalue weighted by Crippen LogP contribution is -2.13. The van der Waals surface area contributed by atoms with Crippen LogP contribution in [0.15, 0.2) is 44.0 Å². The molecule has 0 aliphatic carbocycles. The maximum atomic E-state index is 12.3. The second kappa shape index (κ2) is 8.64. The maximum absolute atomic E-state index is 12.3. The van der Waals surface area contributed by atoms with E-state index in [0.717, 1.165) is 10.9 Å². The third-order valence-corrected chi connectivity index (χ3v) is 4.50. The van der Waals surface area contributed by atoms with Crippen LogP contribution in [0.3, 0.4) is 0 Å². The van der Waals surface area contributed by atoms with Gasteiger partial charge < -0.3 is 23.0 Å². The zero-order valence-corrected chi connectivity index (χ0v) is 16.3. The number of methoxy groups -OCH3 is 2. The van der Waals surface area contributed by atoms with Gasteiger partial charge in [0.25, 0.3) is 0 Å². The van der Waals surface area contributed by atoms with Gasteiger partial charge in [0.1, 0.15) is 23.7 Å². The van der Waals surface area contributed by atoms with Gasteiger partial charge in [-0.3, -0.25) is 4.79 Å². The summed E-state index contributed by atoms with van der Waals surface area (Å²) in [4.78, 5) is 35.7. The molecule has 2 heterocycles. The molecule has 0 saturated heterocycles. The average Bonchev–Trinajstić information content (AvgIpc) is 3.20. The molecule has 0 unspecified atom stereocenters. The Hall–Kier alpha value is -3.55. The summed E-state index contributed by atoms with van der Waals surface area (Å²) in [5.41, 5.74) is 1.10. The van der Waals surface area contributed by atoms with E-state index >= 15 is 0 Å². The molecule has 3 aromatic rings. The summed E-state index contributed by atoms with van der Waals surface area (Å²) >= 11 is 0. The fourth-order valence-corrected chi connectivity index (χ4v) is 2.91. The van der Waals surface area contributed by atoms with E-state index in [4.69, 9.17) is 18.3 Å². The third kappa shape index (κ3) is 4.48. The Morgan fingerprint density at radius 3 is 2.59 bits per heavy atom. The number of hydrogen-bond donors (Lipinski definition) is 0. The second-order valence-electron chi connectivity index (χ2n) is 6.27. The third-order valence-electron chi connectivity index (χ3n) is 4.50. The molecule has 0 aliphatic rings. The molecule has 0 bridgehead atoms. The van der Waals surface area contributed by atoms with E-state index in [1.165, 1.54) is 26.4 Å². The van der Waals surface area contributed by atoms with Crippen LogP contribution in [0.2, 0.25) is 0 Å². The largest absolute Gasteiger partial charge is 0.497 e. The fraction of sp³-hybridized carbons (Fsp3) is 0.286. The molecule has 152 valence electrons. The molecular weight excluding hydrogens is 380 g/mol. The predicted octanol–water partition coefficient (Wildman–Crippen LogP) is 3.17. The molecule has 8 nitrogen and oxygen atoms in total. The SMILES string of the molecule is COC(=O)c1ccc(COC(=O)CCc2c(C)c3ccc(OC)cc3oc2=O)o1. The first kappa shape index (κ1) is 20.2. The average molecular weight is 400 g/mol. The Morgan fingerprint density at radius 1 is 1.07 bits per heavy atom. The van der Waals surface area contributed by atoms with Crippen molar-refractivity contribution in [1.29, 1.82) is 0 Å². The molecule has 8 heteroatoms. The minimum absolute atomic E-state index is 0.00215. The molecule has 0 radical (unpaired) electrons. The number of carbonyl (C=O) groups excluding carboxylic acids is 2. The van der Waals surface area contributed by atoms with Gasteiger partial charge in [-0.2, -0.15) is 0 Å². The number of furan rings is 1. The van der Waals surface area contributed by atoms with E-state index in [1.807, 2.05) is 13.0 Å². The number of esters is 2. The maximum Gasteiger partial charge on any atom is 0.373 e.